The summed E-state index contributed by atoms with van der Waals surface area (Å²) < 4.78 is 22.4. The number of esters is 2. The van der Waals surface area contributed by atoms with Crippen LogP contribution < -0.4 is 14.8 Å². The highest BCUT2D eigenvalue weighted by atomic mass is 16.5. The van der Waals surface area contributed by atoms with Gasteiger partial charge in [0.2, 0.25) is 0 Å². The van der Waals surface area contributed by atoms with Crippen molar-refractivity contribution in [3.05, 3.63) is 113 Å². The lowest BCUT2D eigenvalue weighted by molar-refractivity contribution is -0.152. The molecule has 3 atom stereocenters. The van der Waals surface area contributed by atoms with Crippen molar-refractivity contribution >= 4 is 17.7 Å². The Hall–Kier alpha value is -4.85. The van der Waals surface area contributed by atoms with Gasteiger partial charge in [0.05, 0.1) is 25.9 Å². The van der Waals surface area contributed by atoms with E-state index in [1.54, 1.807) is 27.9 Å². The van der Waals surface area contributed by atoms with Gasteiger partial charge in [-0.15, -0.1) is 0 Å². The molecule has 5 rings (SSSR count). The van der Waals surface area contributed by atoms with Crippen molar-refractivity contribution < 1.29 is 33.3 Å². The summed E-state index contributed by atoms with van der Waals surface area (Å²) in [6, 6.07) is 24.0. The second kappa shape index (κ2) is 13.0. The number of hydrogen-bond donors (Lipinski definition) is 1. The number of ether oxygens (including phenoxy) is 4. The number of Topliss-reactive ketones (excluding diaryl/α,β-unsaturated/α-hetero) is 1. The summed E-state index contributed by atoms with van der Waals surface area (Å²) in [5.74, 6) is -2.11. The Labute approximate surface area is 251 Å². The van der Waals surface area contributed by atoms with E-state index < -0.39 is 35.5 Å². The Kier molecular flexibility index (Phi) is 8.95. The molecular formula is C35H35NO7. The van der Waals surface area contributed by atoms with E-state index in [-0.39, 0.29) is 13.2 Å². The Morgan fingerprint density at radius 3 is 2.19 bits per heavy atom. The molecule has 0 amide bonds. The number of para-hydroxylation sites is 1. The number of carbonyl (C=O) groups excluding carboxylic acids is 3. The second-order valence-electron chi connectivity index (χ2n) is 10.4. The molecule has 0 bridgehead atoms. The fraction of sp³-hybridized carbons (Fsp3) is 0.286. The zero-order valence-electron chi connectivity index (χ0n) is 24.7. The predicted octanol–water partition coefficient (Wildman–Crippen LogP) is 6.20. The lowest BCUT2D eigenvalue weighted by Gasteiger charge is -2.39. The number of hydrogen-bond acceptors (Lipinski definition) is 8. The van der Waals surface area contributed by atoms with Gasteiger partial charge in [0.15, 0.2) is 5.78 Å². The molecule has 1 N–H and O–H groups in total. The lowest BCUT2D eigenvalue weighted by atomic mass is 9.67. The molecular weight excluding hydrogens is 546 g/mol. The maximum Gasteiger partial charge on any atom is 0.336 e. The molecule has 0 spiro atoms. The van der Waals surface area contributed by atoms with E-state index in [2.05, 4.69) is 5.32 Å². The number of allylic oxidation sites excluding steroid dienone is 3. The predicted molar refractivity (Wildman–Crippen MR) is 161 cm³/mol. The third-order valence-electron chi connectivity index (χ3n) is 7.75. The van der Waals surface area contributed by atoms with E-state index in [0.717, 1.165) is 5.56 Å². The van der Waals surface area contributed by atoms with Crippen LogP contribution in [-0.4, -0.2) is 38.0 Å². The Morgan fingerprint density at radius 2 is 1.49 bits per heavy atom. The van der Waals surface area contributed by atoms with Gasteiger partial charge in [-0.05, 0) is 74.7 Å². The van der Waals surface area contributed by atoms with E-state index in [9.17, 15) is 14.4 Å². The van der Waals surface area contributed by atoms with Gasteiger partial charge in [-0.2, -0.15) is 0 Å². The molecule has 0 saturated heterocycles. The average molecular weight is 582 g/mol. The maximum absolute atomic E-state index is 14.6. The number of carbonyl (C=O) groups is 3. The minimum Gasteiger partial charge on any atom is -0.497 e. The topological polar surface area (TPSA) is 100 Å². The number of rotatable bonds is 9. The van der Waals surface area contributed by atoms with Crippen LogP contribution in [0.5, 0.6) is 17.2 Å². The molecule has 43 heavy (non-hydrogen) atoms. The molecule has 0 unspecified atom stereocenters. The van der Waals surface area contributed by atoms with Crippen molar-refractivity contribution in [2.45, 2.75) is 39.0 Å². The summed E-state index contributed by atoms with van der Waals surface area (Å²) in [5.41, 5.74) is 3.36. The number of benzene rings is 3. The van der Waals surface area contributed by atoms with Crippen molar-refractivity contribution in [2.24, 2.45) is 5.92 Å². The molecule has 0 fully saturated rings. The SMILES string of the molecule is CCOC(=O)C1=C(C)NC2=C(C(=O)[C@@H](C(=O)OCC)[C@H](c3cccc(OC)c3)C2)[C@@H]1c1cccc(Oc2ccccc2)c1. The highest BCUT2D eigenvalue weighted by Gasteiger charge is 2.49. The minimum absolute atomic E-state index is 0.132. The van der Waals surface area contributed by atoms with E-state index in [1.807, 2.05) is 78.9 Å². The van der Waals surface area contributed by atoms with Crippen LogP contribution in [0.1, 0.15) is 50.2 Å². The molecule has 0 radical (unpaired) electrons. The lowest BCUT2D eigenvalue weighted by Crippen LogP contribution is -2.43. The van der Waals surface area contributed by atoms with Crippen LogP contribution in [-0.2, 0) is 23.9 Å². The fourth-order valence-corrected chi connectivity index (χ4v) is 5.92. The molecule has 0 saturated carbocycles. The van der Waals surface area contributed by atoms with E-state index in [4.69, 9.17) is 18.9 Å². The first-order chi connectivity index (χ1) is 20.9. The van der Waals surface area contributed by atoms with Gasteiger partial charge in [-0.1, -0.05) is 42.5 Å². The van der Waals surface area contributed by atoms with Gasteiger partial charge in [-0.25, -0.2) is 4.79 Å². The van der Waals surface area contributed by atoms with Crippen LogP contribution in [0.2, 0.25) is 0 Å². The summed E-state index contributed by atoms with van der Waals surface area (Å²) in [5, 5.41) is 3.34. The Morgan fingerprint density at radius 1 is 0.837 bits per heavy atom. The third kappa shape index (κ3) is 6.04. The molecule has 2 aliphatic rings. The van der Waals surface area contributed by atoms with E-state index in [0.29, 0.717) is 51.8 Å². The monoisotopic (exact) mass is 581 g/mol. The van der Waals surface area contributed by atoms with E-state index >= 15 is 0 Å². The molecule has 0 aromatic heterocycles. The van der Waals surface area contributed by atoms with Crippen molar-refractivity contribution in [1.82, 2.24) is 5.32 Å². The molecule has 8 heteroatoms. The summed E-state index contributed by atoms with van der Waals surface area (Å²) in [7, 11) is 1.57. The van der Waals surface area contributed by atoms with Crippen LogP contribution in [0.4, 0.5) is 0 Å². The van der Waals surface area contributed by atoms with Gasteiger partial charge >= 0.3 is 11.9 Å². The second-order valence-corrected chi connectivity index (χ2v) is 10.4. The average Bonchev–Trinajstić information content (AvgIpc) is 3.01. The summed E-state index contributed by atoms with van der Waals surface area (Å²) in [6.45, 7) is 5.55. The summed E-state index contributed by atoms with van der Waals surface area (Å²) >= 11 is 0. The van der Waals surface area contributed by atoms with Crippen LogP contribution in [0.15, 0.2) is 101 Å². The summed E-state index contributed by atoms with van der Waals surface area (Å²) in [4.78, 5) is 41.5. The number of methoxy groups -OCH3 is 1. The number of nitrogens with one attached hydrogen (secondary N) is 1. The molecule has 1 heterocycles. The zero-order valence-corrected chi connectivity index (χ0v) is 24.7. The van der Waals surface area contributed by atoms with Crippen molar-refractivity contribution in [3.63, 3.8) is 0 Å². The van der Waals surface area contributed by atoms with Crippen molar-refractivity contribution in [1.29, 1.82) is 0 Å². The third-order valence-corrected chi connectivity index (χ3v) is 7.75. The van der Waals surface area contributed by atoms with Crippen LogP contribution in [0.25, 0.3) is 0 Å². The summed E-state index contributed by atoms with van der Waals surface area (Å²) in [6.07, 6.45) is 0.349. The normalized spacial score (nSPS) is 19.7. The van der Waals surface area contributed by atoms with Crippen molar-refractivity contribution in [3.8, 4) is 17.2 Å². The van der Waals surface area contributed by atoms with Gasteiger partial charge < -0.3 is 24.3 Å². The first kappa shape index (κ1) is 29.6. The van der Waals surface area contributed by atoms with Crippen LogP contribution >= 0.6 is 0 Å². The van der Waals surface area contributed by atoms with Gasteiger partial charge in [0.1, 0.15) is 23.2 Å². The maximum atomic E-state index is 14.6. The largest absolute Gasteiger partial charge is 0.497 e. The zero-order chi connectivity index (χ0) is 30.5. The van der Waals surface area contributed by atoms with Crippen LogP contribution in [0.3, 0.4) is 0 Å². The smallest absolute Gasteiger partial charge is 0.336 e. The quantitative estimate of drug-likeness (QED) is 0.236. The molecule has 3 aromatic rings. The molecule has 8 nitrogen and oxygen atoms in total. The Bertz CT molecular complexity index is 1590. The van der Waals surface area contributed by atoms with Crippen molar-refractivity contribution in [2.75, 3.05) is 20.3 Å². The standard InChI is InChI=1S/C35H35NO7/c1-5-41-34(38)29-21(3)36-28-20-27(22-12-10-16-25(18-22)40-4)31(35(39)42-6-2)33(37)32(28)30(29)23-13-11-17-26(19-23)43-24-14-8-7-9-15-24/h7-19,27,30-31,36H,5-6,20H2,1-4H3/t27-,30+,31-/m0/s1. The highest BCUT2D eigenvalue weighted by Crippen LogP contribution is 2.49. The molecule has 222 valence electrons. The van der Waals surface area contributed by atoms with Crippen LogP contribution in [0, 0.1) is 5.92 Å². The molecule has 1 aliphatic carbocycles. The minimum atomic E-state index is -1.11. The van der Waals surface area contributed by atoms with E-state index in [1.165, 1.54) is 0 Å². The molecule has 3 aromatic carbocycles. The number of dihydropyridines is 1. The first-order valence-electron chi connectivity index (χ1n) is 14.4. The number of ketones is 1. The van der Waals surface area contributed by atoms with Gasteiger partial charge in [0.25, 0.3) is 0 Å². The first-order valence-corrected chi connectivity index (χ1v) is 14.4. The fourth-order valence-electron chi connectivity index (χ4n) is 5.92. The van der Waals surface area contributed by atoms with Gasteiger partial charge in [0, 0.05) is 28.8 Å². The Balaban J connectivity index is 1.65. The van der Waals surface area contributed by atoms with Gasteiger partial charge in [-0.3, -0.25) is 9.59 Å². The highest BCUT2D eigenvalue weighted by molar-refractivity contribution is 6.13. The molecule has 1 aliphatic heterocycles.